The monoisotopic (exact) mass is 266 g/mol. The molecule has 0 radical (unpaired) electrons. The van der Waals surface area contributed by atoms with E-state index in [-0.39, 0.29) is 17.6 Å². The minimum Gasteiger partial charge on any atom is -0.481 e. The van der Waals surface area contributed by atoms with Crippen LogP contribution in [0.1, 0.15) is 30.4 Å². The Morgan fingerprint density at radius 3 is 2.67 bits per heavy atom. The van der Waals surface area contributed by atoms with E-state index < -0.39 is 15.8 Å². The minimum atomic E-state index is -3.09. The second kappa shape index (κ2) is 3.57. The first-order chi connectivity index (χ1) is 8.43. The molecule has 0 bridgehead atoms. The van der Waals surface area contributed by atoms with Crippen molar-refractivity contribution in [1.29, 1.82) is 0 Å². The molecule has 1 fully saturated rings. The Morgan fingerprint density at radius 1 is 1.33 bits per heavy atom. The fourth-order valence-electron chi connectivity index (χ4n) is 2.77. The molecular formula is C13H14O4S. The SMILES string of the molecule is O=C(O)CC1(c2ccc3c(c2)CCS3(=O)=O)CC1. The van der Waals surface area contributed by atoms with Crippen molar-refractivity contribution in [2.24, 2.45) is 0 Å². The van der Waals surface area contributed by atoms with E-state index in [4.69, 9.17) is 5.11 Å². The number of hydrogen-bond donors (Lipinski definition) is 1. The second-order valence-electron chi connectivity index (χ2n) is 5.24. The zero-order valence-electron chi connectivity index (χ0n) is 9.85. The standard InChI is InChI=1S/C13H14O4S/c14-12(15)8-13(4-5-13)10-1-2-11-9(7-10)3-6-18(11,16)17/h1-2,7H,3-6,8H2,(H,14,15). The second-order valence-corrected chi connectivity index (χ2v) is 7.32. The van der Waals surface area contributed by atoms with Gasteiger partial charge < -0.3 is 5.11 Å². The summed E-state index contributed by atoms with van der Waals surface area (Å²) in [5, 5.41) is 8.93. The number of rotatable bonds is 3. The fourth-order valence-corrected chi connectivity index (χ4v) is 4.31. The van der Waals surface area contributed by atoms with Crippen molar-refractivity contribution in [1.82, 2.24) is 0 Å². The maximum Gasteiger partial charge on any atom is 0.304 e. The normalized spacial score (nSPS) is 22.4. The van der Waals surface area contributed by atoms with Crippen LogP contribution in [0.4, 0.5) is 0 Å². The highest BCUT2D eigenvalue weighted by Crippen LogP contribution is 2.51. The lowest BCUT2D eigenvalue weighted by atomic mass is 9.91. The number of carboxylic acid groups (broad SMARTS) is 1. The molecule has 0 atom stereocenters. The molecule has 1 saturated carbocycles. The van der Waals surface area contributed by atoms with Crippen LogP contribution in [0, 0.1) is 0 Å². The van der Waals surface area contributed by atoms with Gasteiger partial charge in [0.05, 0.1) is 17.1 Å². The molecule has 1 aliphatic carbocycles. The summed E-state index contributed by atoms with van der Waals surface area (Å²) in [5.41, 5.74) is 1.60. The maximum absolute atomic E-state index is 11.7. The zero-order valence-corrected chi connectivity index (χ0v) is 10.7. The van der Waals surface area contributed by atoms with Gasteiger partial charge in [0.1, 0.15) is 0 Å². The van der Waals surface area contributed by atoms with Crippen LogP contribution < -0.4 is 0 Å². The quantitative estimate of drug-likeness (QED) is 0.900. The lowest BCUT2D eigenvalue weighted by Gasteiger charge is -2.14. The van der Waals surface area contributed by atoms with Crippen molar-refractivity contribution in [2.45, 2.75) is 36.0 Å². The van der Waals surface area contributed by atoms with Gasteiger partial charge in [-0.3, -0.25) is 4.79 Å². The molecular weight excluding hydrogens is 252 g/mol. The molecule has 2 aliphatic rings. The molecule has 1 aliphatic heterocycles. The van der Waals surface area contributed by atoms with Crippen LogP contribution in [0.2, 0.25) is 0 Å². The van der Waals surface area contributed by atoms with E-state index in [9.17, 15) is 13.2 Å². The maximum atomic E-state index is 11.7. The van der Waals surface area contributed by atoms with Gasteiger partial charge in [0.25, 0.3) is 0 Å². The van der Waals surface area contributed by atoms with Crippen molar-refractivity contribution in [3.8, 4) is 0 Å². The van der Waals surface area contributed by atoms with E-state index in [1.165, 1.54) is 0 Å². The minimum absolute atomic E-state index is 0.137. The van der Waals surface area contributed by atoms with Crippen LogP contribution in [0.25, 0.3) is 0 Å². The molecule has 5 heteroatoms. The van der Waals surface area contributed by atoms with Gasteiger partial charge in [-0.1, -0.05) is 12.1 Å². The van der Waals surface area contributed by atoms with Crippen LogP contribution in [0.15, 0.2) is 23.1 Å². The summed E-state index contributed by atoms with van der Waals surface area (Å²) in [7, 11) is -3.09. The van der Waals surface area contributed by atoms with Crippen molar-refractivity contribution in [3.05, 3.63) is 29.3 Å². The van der Waals surface area contributed by atoms with Crippen LogP contribution >= 0.6 is 0 Å². The molecule has 0 aromatic heterocycles. The van der Waals surface area contributed by atoms with Crippen molar-refractivity contribution >= 4 is 15.8 Å². The molecule has 3 rings (SSSR count). The molecule has 1 N–H and O–H groups in total. The van der Waals surface area contributed by atoms with Crippen LogP contribution in [-0.4, -0.2) is 25.2 Å². The molecule has 0 spiro atoms. The summed E-state index contributed by atoms with van der Waals surface area (Å²) in [6, 6.07) is 5.34. The molecule has 1 aromatic rings. The molecule has 96 valence electrons. The first kappa shape index (κ1) is 11.7. The van der Waals surface area contributed by atoms with E-state index in [0.29, 0.717) is 11.3 Å². The van der Waals surface area contributed by atoms with Gasteiger partial charge in [-0.05, 0) is 36.5 Å². The highest BCUT2D eigenvalue weighted by Gasteiger charge is 2.46. The Labute approximate surface area is 106 Å². The fraction of sp³-hybridized carbons (Fsp3) is 0.462. The Balaban J connectivity index is 2.00. The summed E-state index contributed by atoms with van der Waals surface area (Å²) in [6.45, 7) is 0. The van der Waals surface area contributed by atoms with Gasteiger partial charge in [0.15, 0.2) is 9.84 Å². The molecule has 1 aromatic carbocycles. The molecule has 0 saturated heterocycles. The third-order valence-corrected chi connectivity index (χ3v) is 5.80. The van der Waals surface area contributed by atoms with E-state index in [1.807, 2.05) is 6.07 Å². The third kappa shape index (κ3) is 1.73. The molecule has 4 nitrogen and oxygen atoms in total. The van der Waals surface area contributed by atoms with Crippen molar-refractivity contribution in [2.75, 3.05) is 5.75 Å². The third-order valence-electron chi connectivity index (χ3n) is 3.99. The molecule has 0 amide bonds. The number of aryl methyl sites for hydroxylation is 1. The first-order valence-electron chi connectivity index (χ1n) is 6.01. The van der Waals surface area contributed by atoms with Crippen molar-refractivity contribution in [3.63, 3.8) is 0 Å². The topological polar surface area (TPSA) is 71.4 Å². The van der Waals surface area contributed by atoms with Gasteiger partial charge in [0.2, 0.25) is 0 Å². The molecule has 18 heavy (non-hydrogen) atoms. The average molecular weight is 266 g/mol. The van der Waals surface area contributed by atoms with E-state index in [2.05, 4.69) is 0 Å². The predicted molar refractivity (Wildman–Crippen MR) is 65.4 cm³/mol. The molecule has 0 unspecified atom stereocenters. The number of aliphatic carboxylic acids is 1. The summed E-state index contributed by atoms with van der Waals surface area (Å²) < 4.78 is 23.4. The van der Waals surface area contributed by atoms with E-state index in [1.54, 1.807) is 12.1 Å². The smallest absolute Gasteiger partial charge is 0.304 e. The average Bonchev–Trinajstić information content (AvgIpc) is 2.99. The highest BCUT2D eigenvalue weighted by atomic mass is 32.2. The summed E-state index contributed by atoms with van der Waals surface area (Å²) in [5.74, 6) is -0.613. The number of carboxylic acids is 1. The summed E-state index contributed by atoms with van der Waals surface area (Å²) in [4.78, 5) is 11.3. The Kier molecular flexibility index (Phi) is 2.32. The Hall–Kier alpha value is -1.36. The first-order valence-corrected chi connectivity index (χ1v) is 7.66. The van der Waals surface area contributed by atoms with E-state index in [0.717, 1.165) is 24.0 Å². The lowest BCUT2D eigenvalue weighted by molar-refractivity contribution is -0.137. The molecule has 1 heterocycles. The van der Waals surface area contributed by atoms with Crippen LogP contribution in [0.5, 0.6) is 0 Å². The Bertz CT molecular complexity index is 626. The Morgan fingerprint density at radius 2 is 2.06 bits per heavy atom. The largest absolute Gasteiger partial charge is 0.481 e. The zero-order chi connectivity index (χ0) is 13.0. The number of sulfone groups is 1. The van der Waals surface area contributed by atoms with Crippen LogP contribution in [0.3, 0.4) is 0 Å². The van der Waals surface area contributed by atoms with Gasteiger partial charge in [-0.15, -0.1) is 0 Å². The van der Waals surface area contributed by atoms with Crippen LogP contribution in [-0.2, 0) is 26.5 Å². The van der Waals surface area contributed by atoms with Gasteiger partial charge in [-0.25, -0.2) is 8.42 Å². The number of carbonyl (C=O) groups is 1. The number of fused-ring (bicyclic) bond motifs is 1. The van der Waals surface area contributed by atoms with Gasteiger partial charge >= 0.3 is 5.97 Å². The van der Waals surface area contributed by atoms with Gasteiger partial charge in [0, 0.05) is 5.41 Å². The lowest BCUT2D eigenvalue weighted by Crippen LogP contribution is -2.13. The number of benzene rings is 1. The summed E-state index contributed by atoms with van der Waals surface area (Å²) >= 11 is 0. The highest BCUT2D eigenvalue weighted by molar-refractivity contribution is 7.91. The summed E-state index contributed by atoms with van der Waals surface area (Å²) in [6.07, 6.45) is 2.45. The predicted octanol–water partition coefficient (Wildman–Crippen LogP) is 1.52. The van der Waals surface area contributed by atoms with Crippen molar-refractivity contribution < 1.29 is 18.3 Å². The number of hydrogen-bond acceptors (Lipinski definition) is 3. The van der Waals surface area contributed by atoms with Gasteiger partial charge in [-0.2, -0.15) is 0 Å². The van der Waals surface area contributed by atoms with E-state index >= 15 is 0 Å².